The number of halogens is 2. The molecule has 0 saturated carbocycles. The van der Waals surface area contributed by atoms with Crippen molar-refractivity contribution in [3.05, 3.63) is 33.9 Å². The van der Waals surface area contributed by atoms with Gasteiger partial charge < -0.3 is 4.57 Å². The van der Waals surface area contributed by atoms with E-state index in [4.69, 9.17) is 28.5 Å². The number of nitrogens with zero attached hydrogens (tertiary/aromatic N) is 2. The largest absolute Gasteiger partial charge is 0.330 e. The molecule has 1 aromatic heterocycles. The molecule has 0 unspecified atom stereocenters. The van der Waals surface area contributed by atoms with Gasteiger partial charge in [0.15, 0.2) is 0 Å². The van der Waals surface area contributed by atoms with Crippen LogP contribution in [0.15, 0.2) is 18.2 Å². The van der Waals surface area contributed by atoms with Crippen molar-refractivity contribution in [1.29, 1.82) is 5.26 Å². The summed E-state index contributed by atoms with van der Waals surface area (Å²) in [5.74, 6) is 0. The van der Waals surface area contributed by atoms with Crippen LogP contribution in [-0.2, 0) is 6.54 Å². The zero-order valence-electron chi connectivity index (χ0n) is 9.50. The van der Waals surface area contributed by atoms with Crippen molar-refractivity contribution in [2.75, 3.05) is 0 Å². The molecule has 1 heterocycles. The van der Waals surface area contributed by atoms with Crippen LogP contribution in [0.25, 0.3) is 10.9 Å². The highest BCUT2D eigenvalue weighted by molar-refractivity contribution is 6.33. The Bertz CT molecular complexity index is 593. The van der Waals surface area contributed by atoms with Crippen molar-refractivity contribution in [2.24, 2.45) is 0 Å². The molecule has 17 heavy (non-hydrogen) atoms. The van der Waals surface area contributed by atoms with Crippen LogP contribution in [0.3, 0.4) is 0 Å². The minimum absolute atomic E-state index is 0.512. The third kappa shape index (κ3) is 2.13. The summed E-state index contributed by atoms with van der Waals surface area (Å²) < 4.78 is 1.98. The fourth-order valence-corrected chi connectivity index (χ4v) is 2.43. The van der Waals surface area contributed by atoms with Gasteiger partial charge >= 0.3 is 0 Å². The van der Waals surface area contributed by atoms with Crippen LogP contribution in [-0.4, -0.2) is 4.57 Å². The molecule has 2 rings (SSSR count). The first-order chi connectivity index (χ1) is 8.19. The van der Waals surface area contributed by atoms with E-state index in [0.717, 1.165) is 30.3 Å². The summed E-state index contributed by atoms with van der Waals surface area (Å²) in [6, 6.07) is 7.69. The van der Waals surface area contributed by atoms with Gasteiger partial charge in [-0.2, -0.15) is 5.26 Å². The Morgan fingerprint density at radius 1 is 1.35 bits per heavy atom. The molecule has 4 heteroatoms. The lowest BCUT2D eigenvalue weighted by atomic mass is 10.2. The average molecular weight is 267 g/mol. The monoisotopic (exact) mass is 266 g/mol. The van der Waals surface area contributed by atoms with Gasteiger partial charge in [0.2, 0.25) is 0 Å². The van der Waals surface area contributed by atoms with Gasteiger partial charge in [-0.1, -0.05) is 36.5 Å². The van der Waals surface area contributed by atoms with Crippen LogP contribution >= 0.6 is 23.2 Å². The van der Waals surface area contributed by atoms with Gasteiger partial charge in [0.25, 0.3) is 0 Å². The highest BCUT2D eigenvalue weighted by atomic mass is 35.5. The highest BCUT2D eigenvalue weighted by Gasteiger charge is 2.15. The Balaban J connectivity index is 2.67. The smallest absolute Gasteiger partial charge is 0.128 e. The van der Waals surface area contributed by atoms with E-state index >= 15 is 0 Å². The maximum Gasteiger partial charge on any atom is 0.128 e. The van der Waals surface area contributed by atoms with Crippen molar-refractivity contribution in [3.63, 3.8) is 0 Å². The number of unbranched alkanes of at least 4 members (excludes halogenated alkanes) is 1. The van der Waals surface area contributed by atoms with Gasteiger partial charge in [-0.15, -0.1) is 0 Å². The summed E-state index contributed by atoms with van der Waals surface area (Å²) in [6.07, 6.45) is 2.13. The molecule has 0 aliphatic heterocycles. The van der Waals surface area contributed by atoms with Gasteiger partial charge in [-0.25, -0.2) is 0 Å². The molecular weight excluding hydrogens is 255 g/mol. The topological polar surface area (TPSA) is 28.7 Å². The molecule has 0 bridgehead atoms. The predicted octanol–water partition coefficient (Wildman–Crippen LogP) is 4.62. The second-order valence-electron chi connectivity index (χ2n) is 3.94. The van der Waals surface area contributed by atoms with E-state index in [1.807, 2.05) is 16.7 Å². The second kappa shape index (κ2) is 5.00. The third-order valence-corrected chi connectivity index (χ3v) is 3.44. The van der Waals surface area contributed by atoms with Crippen LogP contribution in [0.1, 0.15) is 25.3 Å². The molecule has 0 spiro atoms. The first-order valence-corrected chi connectivity index (χ1v) is 6.32. The van der Waals surface area contributed by atoms with Crippen molar-refractivity contribution < 1.29 is 0 Å². The second-order valence-corrected chi connectivity index (χ2v) is 4.74. The van der Waals surface area contributed by atoms with Crippen molar-refractivity contribution >= 4 is 34.1 Å². The van der Waals surface area contributed by atoms with Gasteiger partial charge in [-0.3, -0.25) is 0 Å². The first-order valence-electron chi connectivity index (χ1n) is 5.56. The molecule has 0 fully saturated rings. The summed E-state index contributed by atoms with van der Waals surface area (Å²) in [5.41, 5.74) is 1.49. The van der Waals surface area contributed by atoms with Crippen molar-refractivity contribution in [1.82, 2.24) is 4.57 Å². The fourth-order valence-electron chi connectivity index (χ4n) is 1.94. The predicted molar refractivity (Wildman–Crippen MR) is 71.6 cm³/mol. The Hall–Kier alpha value is -1.17. The minimum Gasteiger partial charge on any atom is -0.330 e. The number of aryl methyl sites for hydroxylation is 1. The molecule has 0 amide bonds. The molecule has 2 nitrogen and oxygen atoms in total. The first kappa shape index (κ1) is 12.3. The number of aromatic nitrogens is 1. The number of hydrogen-bond donors (Lipinski definition) is 0. The number of fused-ring (bicyclic) bond motifs is 1. The van der Waals surface area contributed by atoms with E-state index < -0.39 is 0 Å². The van der Waals surface area contributed by atoms with Gasteiger partial charge in [0.05, 0.1) is 11.1 Å². The number of hydrogen-bond acceptors (Lipinski definition) is 1. The molecule has 0 aliphatic rings. The van der Waals surface area contributed by atoms with Crippen molar-refractivity contribution in [3.8, 4) is 6.07 Å². The summed E-state index contributed by atoms with van der Waals surface area (Å²) in [5, 5.41) is 11.1. The van der Waals surface area contributed by atoms with E-state index in [1.54, 1.807) is 6.07 Å². The maximum atomic E-state index is 9.16. The lowest BCUT2D eigenvalue weighted by Gasteiger charge is -2.05. The maximum absolute atomic E-state index is 9.16. The molecule has 0 atom stereocenters. The summed E-state index contributed by atoms with van der Waals surface area (Å²) >= 11 is 12.2. The molecular formula is C13H12Cl2N2. The van der Waals surface area contributed by atoms with Crippen molar-refractivity contribution in [2.45, 2.75) is 26.3 Å². The minimum atomic E-state index is 0.512. The van der Waals surface area contributed by atoms with E-state index in [9.17, 15) is 0 Å². The summed E-state index contributed by atoms with van der Waals surface area (Å²) in [7, 11) is 0. The molecule has 0 saturated heterocycles. The van der Waals surface area contributed by atoms with Crippen LogP contribution in [0, 0.1) is 11.3 Å². The Morgan fingerprint density at radius 3 is 2.76 bits per heavy atom. The number of nitriles is 1. The standard InChI is InChI=1S/C13H12Cl2N2/c1-2-3-6-17-12-5-4-9(14)7-10(12)11(8-16)13(17)15/h4-5,7H,2-3,6H2,1H3. The molecule has 2 aromatic rings. The number of benzene rings is 1. The Kier molecular flexibility index (Phi) is 3.61. The Morgan fingerprint density at radius 2 is 2.12 bits per heavy atom. The Labute approximate surface area is 110 Å². The van der Waals surface area contributed by atoms with Gasteiger partial charge in [0, 0.05) is 17.0 Å². The fraction of sp³-hybridized carbons (Fsp3) is 0.308. The van der Waals surface area contributed by atoms with Gasteiger partial charge in [-0.05, 0) is 24.6 Å². The SMILES string of the molecule is CCCCn1c(Cl)c(C#N)c2cc(Cl)ccc21. The van der Waals surface area contributed by atoms with E-state index in [-0.39, 0.29) is 0 Å². The zero-order valence-corrected chi connectivity index (χ0v) is 11.0. The van der Waals surface area contributed by atoms with Crippen LogP contribution in [0.4, 0.5) is 0 Å². The molecule has 0 aliphatic carbocycles. The molecule has 88 valence electrons. The zero-order chi connectivity index (χ0) is 12.4. The average Bonchev–Trinajstić information content (AvgIpc) is 2.57. The van der Waals surface area contributed by atoms with Crippen LogP contribution in [0.2, 0.25) is 10.2 Å². The highest BCUT2D eigenvalue weighted by Crippen LogP contribution is 2.31. The quantitative estimate of drug-likeness (QED) is 0.797. The van der Waals surface area contributed by atoms with E-state index in [0.29, 0.717) is 15.7 Å². The third-order valence-electron chi connectivity index (χ3n) is 2.81. The normalized spacial score (nSPS) is 10.7. The van der Waals surface area contributed by atoms with E-state index in [2.05, 4.69) is 13.0 Å². The summed E-state index contributed by atoms with van der Waals surface area (Å²) in [6.45, 7) is 2.96. The van der Waals surface area contributed by atoms with Gasteiger partial charge in [0.1, 0.15) is 11.2 Å². The molecule has 0 N–H and O–H groups in total. The van der Waals surface area contributed by atoms with Crippen LogP contribution < -0.4 is 0 Å². The van der Waals surface area contributed by atoms with Crippen LogP contribution in [0.5, 0.6) is 0 Å². The lowest BCUT2D eigenvalue weighted by molar-refractivity contribution is 0.650. The lowest BCUT2D eigenvalue weighted by Crippen LogP contribution is -1.97. The summed E-state index contributed by atoms with van der Waals surface area (Å²) in [4.78, 5) is 0. The molecule has 1 aromatic carbocycles. The van der Waals surface area contributed by atoms with E-state index in [1.165, 1.54) is 0 Å². The number of rotatable bonds is 3. The molecule has 0 radical (unpaired) electrons.